The van der Waals surface area contributed by atoms with Gasteiger partial charge in [0.15, 0.2) is 9.84 Å². The summed E-state index contributed by atoms with van der Waals surface area (Å²) in [6.07, 6.45) is 1.19. The number of nitrogens with two attached hydrogens (primary N) is 1. The molecule has 2 atom stereocenters. The summed E-state index contributed by atoms with van der Waals surface area (Å²) >= 11 is 0. The Kier molecular flexibility index (Phi) is 2.89. The first kappa shape index (κ1) is 13.5. The number of fused-ring (bicyclic) bond motifs is 1. The number of benzene rings is 1. The predicted octanol–water partition coefficient (Wildman–Crippen LogP) is 0.582. The molecule has 108 valence electrons. The lowest BCUT2D eigenvalue weighted by Gasteiger charge is -2.23. The molecule has 2 unspecified atom stereocenters. The van der Waals surface area contributed by atoms with Crippen molar-refractivity contribution in [3.05, 3.63) is 24.0 Å². The maximum atomic E-state index is 11.6. The van der Waals surface area contributed by atoms with Crippen LogP contribution >= 0.6 is 0 Å². The first-order valence-electron chi connectivity index (χ1n) is 6.34. The molecule has 0 bridgehead atoms. The third-order valence-electron chi connectivity index (χ3n) is 3.94. The number of imidazole rings is 1. The fourth-order valence-electron chi connectivity index (χ4n) is 2.42. The van der Waals surface area contributed by atoms with Crippen molar-refractivity contribution in [1.82, 2.24) is 9.97 Å². The largest absolute Gasteiger partial charge is 0.379 e. The number of nitrogens with zero attached hydrogens (tertiary/aromatic N) is 1. The molecule has 1 aliphatic heterocycles. The number of aromatic nitrogens is 2. The minimum atomic E-state index is -3.23. The van der Waals surface area contributed by atoms with Crippen LogP contribution < -0.4 is 5.73 Å². The highest BCUT2D eigenvalue weighted by molar-refractivity contribution is 7.90. The number of rotatable bonds is 2. The molecule has 1 aromatic carbocycles. The minimum absolute atomic E-state index is 0.127. The van der Waals surface area contributed by atoms with Gasteiger partial charge in [0.25, 0.3) is 0 Å². The van der Waals surface area contributed by atoms with Crippen LogP contribution in [0.3, 0.4) is 0 Å². The van der Waals surface area contributed by atoms with E-state index in [1.807, 2.05) is 6.92 Å². The van der Waals surface area contributed by atoms with Gasteiger partial charge in [-0.05, 0) is 25.1 Å². The van der Waals surface area contributed by atoms with E-state index in [0.717, 1.165) is 11.3 Å². The van der Waals surface area contributed by atoms with Gasteiger partial charge in [-0.15, -0.1) is 0 Å². The molecule has 20 heavy (non-hydrogen) atoms. The molecule has 3 N–H and O–H groups in total. The summed E-state index contributed by atoms with van der Waals surface area (Å²) in [5.41, 5.74) is 7.14. The molecule has 1 fully saturated rings. The minimum Gasteiger partial charge on any atom is -0.379 e. The normalized spacial score (nSPS) is 27.2. The van der Waals surface area contributed by atoms with Crippen molar-refractivity contribution in [3.63, 3.8) is 0 Å². The highest BCUT2D eigenvalue weighted by Gasteiger charge is 2.41. The Morgan fingerprint density at radius 2 is 2.25 bits per heavy atom. The van der Waals surface area contributed by atoms with Gasteiger partial charge in [-0.25, -0.2) is 13.4 Å². The van der Waals surface area contributed by atoms with Crippen LogP contribution in [0.15, 0.2) is 23.1 Å². The number of hydrogen-bond donors (Lipinski definition) is 2. The molecule has 0 spiro atoms. The molecule has 1 aromatic heterocycles. The molecule has 7 heteroatoms. The number of ether oxygens (including phenoxy) is 1. The maximum Gasteiger partial charge on any atom is 0.175 e. The number of hydrogen-bond acceptors (Lipinski definition) is 5. The van der Waals surface area contributed by atoms with Crippen LogP contribution in [0.4, 0.5) is 0 Å². The van der Waals surface area contributed by atoms with E-state index in [1.165, 1.54) is 6.26 Å². The van der Waals surface area contributed by atoms with Gasteiger partial charge in [0.05, 0.1) is 34.6 Å². The Bertz CT molecular complexity index is 768. The zero-order valence-electron chi connectivity index (χ0n) is 11.4. The van der Waals surface area contributed by atoms with Gasteiger partial charge in [0.1, 0.15) is 5.82 Å². The van der Waals surface area contributed by atoms with E-state index in [0.29, 0.717) is 18.7 Å². The maximum absolute atomic E-state index is 11.6. The van der Waals surface area contributed by atoms with E-state index in [9.17, 15) is 8.42 Å². The van der Waals surface area contributed by atoms with E-state index in [4.69, 9.17) is 10.5 Å². The third kappa shape index (κ3) is 2.02. The van der Waals surface area contributed by atoms with E-state index in [1.54, 1.807) is 18.2 Å². The monoisotopic (exact) mass is 295 g/mol. The number of sulfone groups is 1. The zero-order valence-corrected chi connectivity index (χ0v) is 12.2. The summed E-state index contributed by atoms with van der Waals surface area (Å²) < 4.78 is 28.6. The summed E-state index contributed by atoms with van der Waals surface area (Å²) in [5, 5.41) is 0. The molecule has 1 aliphatic rings. The first-order valence-corrected chi connectivity index (χ1v) is 8.23. The Hall–Kier alpha value is -1.44. The second-order valence-electron chi connectivity index (χ2n) is 5.58. The van der Waals surface area contributed by atoms with Crippen LogP contribution in [0.5, 0.6) is 0 Å². The van der Waals surface area contributed by atoms with Gasteiger partial charge >= 0.3 is 0 Å². The summed E-state index contributed by atoms with van der Waals surface area (Å²) in [6.45, 7) is 3.01. The Labute approximate surface area is 117 Å². The Morgan fingerprint density at radius 3 is 2.85 bits per heavy atom. The van der Waals surface area contributed by atoms with Crippen molar-refractivity contribution in [3.8, 4) is 0 Å². The summed E-state index contributed by atoms with van der Waals surface area (Å²) in [7, 11) is -3.23. The lowest BCUT2D eigenvalue weighted by atomic mass is 9.85. The summed E-state index contributed by atoms with van der Waals surface area (Å²) in [4.78, 5) is 7.99. The lowest BCUT2D eigenvalue weighted by Crippen LogP contribution is -2.42. The van der Waals surface area contributed by atoms with Crippen LogP contribution in [0.2, 0.25) is 0 Å². The van der Waals surface area contributed by atoms with Crippen LogP contribution in [0.1, 0.15) is 12.7 Å². The molecule has 2 heterocycles. The first-order chi connectivity index (χ1) is 9.30. The molecule has 0 aliphatic carbocycles. The molecule has 1 saturated heterocycles. The fourth-order valence-corrected chi connectivity index (χ4v) is 3.07. The zero-order chi connectivity index (χ0) is 14.5. The van der Waals surface area contributed by atoms with E-state index < -0.39 is 9.84 Å². The van der Waals surface area contributed by atoms with Gasteiger partial charge in [-0.3, -0.25) is 0 Å². The molecular weight excluding hydrogens is 278 g/mol. The number of aromatic amines is 1. The van der Waals surface area contributed by atoms with Crippen molar-refractivity contribution in [2.45, 2.75) is 23.3 Å². The Balaban J connectivity index is 2.12. The average Bonchev–Trinajstić information content (AvgIpc) is 2.93. The van der Waals surface area contributed by atoms with Gasteiger partial charge in [-0.1, -0.05) is 0 Å². The topological polar surface area (TPSA) is 98.1 Å². The highest BCUT2D eigenvalue weighted by atomic mass is 32.2. The van der Waals surface area contributed by atoms with E-state index in [-0.39, 0.29) is 16.4 Å². The lowest BCUT2D eigenvalue weighted by molar-refractivity contribution is 0.178. The third-order valence-corrected chi connectivity index (χ3v) is 5.05. The van der Waals surface area contributed by atoms with Crippen LogP contribution in [-0.2, 0) is 20.0 Å². The van der Waals surface area contributed by atoms with Crippen molar-refractivity contribution >= 4 is 20.9 Å². The second-order valence-corrected chi connectivity index (χ2v) is 7.59. The van der Waals surface area contributed by atoms with Crippen molar-refractivity contribution < 1.29 is 13.2 Å². The van der Waals surface area contributed by atoms with Crippen molar-refractivity contribution in [2.24, 2.45) is 5.73 Å². The summed E-state index contributed by atoms with van der Waals surface area (Å²) in [5.74, 6) is 0.739. The average molecular weight is 295 g/mol. The second kappa shape index (κ2) is 4.28. The smallest absolute Gasteiger partial charge is 0.175 e. The fraction of sp³-hybridized carbons (Fsp3) is 0.462. The van der Waals surface area contributed by atoms with Crippen molar-refractivity contribution in [2.75, 3.05) is 19.5 Å². The Morgan fingerprint density at radius 1 is 1.50 bits per heavy atom. The van der Waals surface area contributed by atoms with Crippen LogP contribution in [0.25, 0.3) is 11.0 Å². The van der Waals surface area contributed by atoms with Gasteiger partial charge in [-0.2, -0.15) is 0 Å². The summed E-state index contributed by atoms with van der Waals surface area (Å²) in [6, 6.07) is 4.75. The van der Waals surface area contributed by atoms with E-state index >= 15 is 0 Å². The van der Waals surface area contributed by atoms with Gasteiger partial charge < -0.3 is 15.5 Å². The van der Waals surface area contributed by atoms with Crippen molar-refractivity contribution in [1.29, 1.82) is 0 Å². The quantitative estimate of drug-likeness (QED) is 0.844. The molecular formula is C13H17N3O3S. The van der Waals surface area contributed by atoms with Gasteiger partial charge in [0.2, 0.25) is 0 Å². The van der Waals surface area contributed by atoms with Crippen LogP contribution in [-0.4, -0.2) is 43.9 Å². The van der Waals surface area contributed by atoms with Crippen LogP contribution in [0, 0.1) is 0 Å². The number of nitrogens with one attached hydrogen (secondary N) is 1. The standard InChI is InChI=1S/C13H17N3O3S/c1-13(7-19-6-11(13)14)12-15-9-4-3-8(20(2,17)18)5-10(9)16-12/h3-5,11H,6-7,14H2,1-2H3,(H,15,16). The molecule has 0 amide bonds. The molecule has 0 saturated carbocycles. The highest BCUT2D eigenvalue weighted by Crippen LogP contribution is 2.31. The predicted molar refractivity (Wildman–Crippen MR) is 75.3 cm³/mol. The molecule has 0 radical (unpaired) electrons. The SMILES string of the molecule is CC1(c2nc3ccc(S(C)(=O)=O)cc3[nH]2)COCC1N. The van der Waals surface area contributed by atoms with E-state index in [2.05, 4.69) is 9.97 Å². The molecule has 3 rings (SSSR count). The van der Waals surface area contributed by atoms with Gasteiger partial charge in [0, 0.05) is 12.3 Å². The molecule has 2 aromatic rings. The molecule has 6 nitrogen and oxygen atoms in total. The number of H-pyrrole nitrogens is 1.